The first-order valence-electron chi connectivity index (χ1n) is 6.00. The summed E-state index contributed by atoms with van der Waals surface area (Å²) in [4.78, 5) is 2.14. The molecule has 0 unspecified atom stereocenters. The molecule has 0 spiro atoms. The second kappa shape index (κ2) is 5.56. The average molecular weight is 241 g/mol. The molecule has 0 bridgehead atoms. The molecule has 0 aliphatic carbocycles. The van der Waals surface area contributed by atoms with Crippen LogP contribution in [0, 0.1) is 11.6 Å². The summed E-state index contributed by atoms with van der Waals surface area (Å²) < 4.78 is 26.7. The highest BCUT2D eigenvalue weighted by molar-refractivity contribution is 5.19. The zero-order valence-electron chi connectivity index (χ0n) is 9.70. The molecule has 2 rings (SSSR count). The second-order valence-electron chi connectivity index (χ2n) is 4.52. The molecule has 1 aromatic carbocycles. The highest BCUT2D eigenvalue weighted by Crippen LogP contribution is 2.15. The Morgan fingerprint density at radius 2 is 1.76 bits per heavy atom. The highest BCUT2D eigenvalue weighted by Gasteiger charge is 2.17. The van der Waals surface area contributed by atoms with Crippen LogP contribution in [0.25, 0.3) is 0 Å². The van der Waals surface area contributed by atoms with E-state index in [2.05, 4.69) is 4.90 Å². The number of nitrogens with zero attached hydrogens (tertiary/aromatic N) is 1. The van der Waals surface area contributed by atoms with Gasteiger partial charge in [-0.3, -0.25) is 0 Å². The minimum Gasteiger partial charge on any atom is -0.393 e. The molecule has 0 radical (unpaired) electrons. The van der Waals surface area contributed by atoms with E-state index in [4.69, 9.17) is 0 Å². The summed E-state index contributed by atoms with van der Waals surface area (Å²) in [5.41, 5.74) is 0.165. The predicted octanol–water partition coefficient (Wildman–Crippen LogP) is 1.96. The van der Waals surface area contributed by atoms with Gasteiger partial charge in [0.1, 0.15) is 11.6 Å². The summed E-state index contributed by atoms with van der Waals surface area (Å²) in [6, 6.07) is 3.96. The van der Waals surface area contributed by atoms with Gasteiger partial charge in [0.2, 0.25) is 0 Å². The van der Waals surface area contributed by atoms with Crippen LogP contribution in [0.4, 0.5) is 8.78 Å². The molecule has 0 saturated carbocycles. The smallest absolute Gasteiger partial charge is 0.129 e. The first-order chi connectivity index (χ1) is 8.16. The van der Waals surface area contributed by atoms with Crippen molar-refractivity contribution >= 4 is 0 Å². The van der Waals surface area contributed by atoms with Crippen molar-refractivity contribution < 1.29 is 13.9 Å². The Kier molecular flexibility index (Phi) is 4.07. The van der Waals surface area contributed by atoms with Gasteiger partial charge in [0.25, 0.3) is 0 Å². The van der Waals surface area contributed by atoms with Gasteiger partial charge in [-0.15, -0.1) is 0 Å². The molecular weight excluding hydrogens is 224 g/mol. The van der Waals surface area contributed by atoms with E-state index in [-0.39, 0.29) is 11.7 Å². The molecule has 0 amide bonds. The Labute approximate surface area is 99.9 Å². The maximum Gasteiger partial charge on any atom is 0.129 e. The van der Waals surface area contributed by atoms with Crippen molar-refractivity contribution in [3.8, 4) is 0 Å². The van der Waals surface area contributed by atoms with Crippen LogP contribution in [0.3, 0.4) is 0 Å². The molecule has 1 N–H and O–H groups in total. The Bertz CT molecular complexity index is 355. The number of rotatable bonds is 3. The Morgan fingerprint density at radius 1 is 1.18 bits per heavy atom. The van der Waals surface area contributed by atoms with Crippen LogP contribution in [0.15, 0.2) is 18.2 Å². The Morgan fingerprint density at radius 3 is 2.35 bits per heavy atom. The molecule has 1 fully saturated rings. The van der Waals surface area contributed by atoms with Crippen molar-refractivity contribution in [2.45, 2.75) is 25.4 Å². The van der Waals surface area contributed by atoms with Gasteiger partial charge in [-0.05, 0) is 31.4 Å². The SMILES string of the molecule is OC1CCN(CCc2c(F)cccc2F)CC1. The molecule has 0 atom stereocenters. The van der Waals surface area contributed by atoms with Crippen LogP contribution in [-0.2, 0) is 6.42 Å². The molecule has 1 aliphatic heterocycles. The number of aliphatic hydroxyl groups excluding tert-OH is 1. The molecule has 1 aromatic rings. The van der Waals surface area contributed by atoms with Crippen LogP contribution < -0.4 is 0 Å². The van der Waals surface area contributed by atoms with E-state index >= 15 is 0 Å². The summed E-state index contributed by atoms with van der Waals surface area (Å²) in [5, 5.41) is 9.35. The fourth-order valence-electron chi connectivity index (χ4n) is 2.18. The Balaban J connectivity index is 1.89. The van der Waals surface area contributed by atoms with Crippen molar-refractivity contribution in [3.63, 3.8) is 0 Å². The van der Waals surface area contributed by atoms with Crippen LogP contribution in [0.2, 0.25) is 0 Å². The number of hydrogen-bond donors (Lipinski definition) is 1. The van der Waals surface area contributed by atoms with E-state index in [0.29, 0.717) is 13.0 Å². The number of hydrogen-bond acceptors (Lipinski definition) is 2. The first-order valence-corrected chi connectivity index (χ1v) is 6.00. The molecule has 94 valence electrons. The van der Waals surface area contributed by atoms with Crippen LogP contribution in [-0.4, -0.2) is 35.7 Å². The van der Waals surface area contributed by atoms with Gasteiger partial charge < -0.3 is 10.0 Å². The van der Waals surface area contributed by atoms with E-state index in [1.807, 2.05) is 0 Å². The first kappa shape index (κ1) is 12.5. The van der Waals surface area contributed by atoms with Crippen LogP contribution in [0.5, 0.6) is 0 Å². The number of piperidine rings is 1. The van der Waals surface area contributed by atoms with Gasteiger partial charge in [0.15, 0.2) is 0 Å². The maximum atomic E-state index is 13.4. The third-order valence-electron chi connectivity index (χ3n) is 3.30. The summed E-state index contributed by atoms with van der Waals surface area (Å²) in [6.45, 7) is 2.25. The van der Waals surface area contributed by atoms with Crippen LogP contribution in [0.1, 0.15) is 18.4 Å². The highest BCUT2D eigenvalue weighted by atomic mass is 19.1. The standard InChI is InChI=1S/C13H17F2NO/c14-12-2-1-3-13(15)11(12)6-9-16-7-4-10(17)5-8-16/h1-3,10,17H,4-9H2. The van der Waals surface area contributed by atoms with Crippen molar-refractivity contribution in [1.29, 1.82) is 0 Å². The zero-order valence-corrected chi connectivity index (χ0v) is 9.70. The van der Waals surface area contributed by atoms with Gasteiger partial charge in [-0.25, -0.2) is 8.78 Å². The second-order valence-corrected chi connectivity index (χ2v) is 4.52. The molecule has 4 heteroatoms. The maximum absolute atomic E-state index is 13.4. The quantitative estimate of drug-likeness (QED) is 0.874. The fourth-order valence-corrected chi connectivity index (χ4v) is 2.18. The van der Waals surface area contributed by atoms with E-state index < -0.39 is 11.6 Å². The molecule has 2 nitrogen and oxygen atoms in total. The average Bonchev–Trinajstić information content (AvgIpc) is 2.31. The van der Waals surface area contributed by atoms with Crippen molar-refractivity contribution in [3.05, 3.63) is 35.4 Å². The Hall–Kier alpha value is -1.00. The van der Waals surface area contributed by atoms with Gasteiger partial charge >= 0.3 is 0 Å². The summed E-state index contributed by atoms with van der Waals surface area (Å²) >= 11 is 0. The minimum absolute atomic E-state index is 0.165. The predicted molar refractivity (Wildman–Crippen MR) is 61.7 cm³/mol. The van der Waals surface area contributed by atoms with Gasteiger partial charge in [-0.2, -0.15) is 0 Å². The molecule has 1 saturated heterocycles. The lowest BCUT2D eigenvalue weighted by atomic mass is 10.1. The van der Waals surface area contributed by atoms with Gasteiger partial charge in [-0.1, -0.05) is 6.07 Å². The molecule has 1 aliphatic rings. The lowest BCUT2D eigenvalue weighted by molar-refractivity contribution is 0.0830. The normalized spacial score (nSPS) is 18.5. The van der Waals surface area contributed by atoms with E-state index in [9.17, 15) is 13.9 Å². The van der Waals surface area contributed by atoms with E-state index in [0.717, 1.165) is 25.9 Å². The zero-order chi connectivity index (χ0) is 12.3. The topological polar surface area (TPSA) is 23.5 Å². The lowest BCUT2D eigenvalue weighted by Crippen LogP contribution is -2.37. The fraction of sp³-hybridized carbons (Fsp3) is 0.538. The van der Waals surface area contributed by atoms with Gasteiger partial charge in [0, 0.05) is 25.2 Å². The number of aliphatic hydroxyl groups is 1. The summed E-state index contributed by atoms with van der Waals surface area (Å²) in [7, 11) is 0. The summed E-state index contributed by atoms with van der Waals surface area (Å²) in [5.74, 6) is -0.941. The van der Waals surface area contributed by atoms with Gasteiger partial charge in [0.05, 0.1) is 6.10 Å². The number of halogens is 2. The minimum atomic E-state index is -0.470. The molecule has 0 aromatic heterocycles. The monoisotopic (exact) mass is 241 g/mol. The third-order valence-corrected chi connectivity index (χ3v) is 3.30. The number of likely N-dealkylation sites (tertiary alicyclic amines) is 1. The molecule has 17 heavy (non-hydrogen) atoms. The van der Waals surface area contributed by atoms with Crippen LogP contribution >= 0.6 is 0 Å². The largest absolute Gasteiger partial charge is 0.393 e. The third kappa shape index (κ3) is 3.23. The molecule has 1 heterocycles. The van der Waals surface area contributed by atoms with Crippen molar-refractivity contribution in [2.24, 2.45) is 0 Å². The number of benzene rings is 1. The summed E-state index contributed by atoms with van der Waals surface area (Å²) in [6.07, 6.45) is 1.67. The van der Waals surface area contributed by atoms with Crippen molar-refractivity contribution in [2.75, 3.05) is 19.6 Å². The molecular formula is C13H17F2NO. The van der Waals surface area contributed by atoms with E-state index in [1.54, 1.807) is 0 Å². The van der Waals surface area contributed by atoms with E-state index in [1.165, 1.54) is 18.2 Å². The lowest BCUT2D eigenvalue weighted by Gasteiger charge is -2.29. The van der Waals surface area contributed by atoms with Crippen molar-refractivity contribution in [1.82, 2.24) is 4.90 Å².